The minimum absolute atomic E-state index is 0.108. The van der Waals surface area contributed by atoms with Crippen molar-refractivity contribution in [2.75, 3.05) is 32.0 Å². The van der Waals surface area contributed by atoms with Gasteiger partial charge in [-0.15, -0.1) is 13.2 Å². The average Bonchev–Trinajstić information content (AvgIpc) is 2.75. The number of ether oxygens (including phenoxy) is 2. The van der Waals surface area contributed by atoms with Gasteiger partial charge in [-0.25, -0.2) is 4.39 Å². The van der Waals surface area contributed by atoms with Crippen LogP contribution in [0.15, 0.2) is 42.5 Å². The molecule has 2 aromatic carbocycles. The SMILES string of the molecule is Nc1cc(Cl)c(OC(F)(F)F)cc1/C=C/C(=O)N1C2COCC1CN(Cc1ccc(F)cc1)C2. The highest BCUT2D eigenvalue weighted by Gasteiger charge is 2.40. The number of nitrogen functional groups attached to an aromatic ring is 1. The van der Waals surface area contributed by atoms with Crippen LogP contribution in [0.3, 0.4) is 0 Å². The van der Waals surface area contributed by atoms with Gasteiger partial charge in [0.25, 0.3) is 0 Å². The summed E-state index contributed by atoms with van der Waals surface area (Å²) in [6, 6.07) is 8.08. The van der Waals surface area contributed by atoms with Crippen molar-refractivity contribution in [1.82, 2.24) is 9.80 Å². The number of halogens is 5. The molecule has 0 radical (unpaired) electrons. The summed E-state index contributed by atoms with van der Waals surface area (Å²) in [5.74, 6) is -1.20. The maximum Gasteiger partial charge on any atom is 0.573 e. The molecule has 1 amide bonds. The number of anilines is 1. The van der Waals surface area contributed by atoms with Gasteiger partial charge < -0.3 is 20.1 Å². The Hall–Kier alpha value is -2.82. The first-order chi connectivity index (χ1) is 16.1. The van der Waals surface area contributed by atoms with Gasteiger partial charge in [-0.3, -0.25) is 9.69 Å². The number of hydrogen-bond donors (Lipinski definition) is 1. The second-order valence-electron chi connectivity index (χ2n) is 8.20. The molecule has 4 rings (SSSR count). The van der Waals surface area contributed by atoms with Crippen molar-refractivity contribution in [3.8, 4) is 5.75 Å². The molecule has 2 unspecified atom stereocenters. The zero-order valence-electron chi connectivity index (χ0n) is 17.9. The second-order valence-corrected chi connectivity index (χ2v) is 8.61. The van der Waals surface area contributed by atoms with Crippen LogP contribution in [0.4, 0.5) is 23.2 Å². The maximum absolute atomic E-state index is 13.2. The number of fused-ring (bicyclic) bond motifs is 2. The number of rotatable bonds is 5. The van der Waals surface area contributed by atoms with Gasteiger partial charge in [0.2, 0.25) is 5.91 Å². The van der Waals surface area contributed by atoms with E-state index >= 15 is 0 Å². The van der Waals surface area contributed by atoms with Crippen LogP contribution < -0.4 is 10.5 Å². The van der Waals surface area contributed by atoms with Crippen LogP contribution in [0.5, 0.6) is 5.75 Å². The summed E-state index contributed by atoms with van der Waals surface area (Å²) in [6.07, 6.45) is -2.29. The Morgan fingerprint density at radius 1 is 1.18 bits per heavy atom. The third-order valence-electron chi connectivity index (χ3n) is 5.69. The lowest BCUT2D eigenvalue weighted by Gasteiger charge is -2.49. The van der Waals surface area contributed by atoms with Crippen molar-refractivity contribution in [2.45, 2.75) is 25.0 Å². The van der Waals surface area contributed by atoms with Crippen molar-refractivity contribution in [1.29, 1.82) is 0 Å². The molecule has 0 aliphatic carbocycles. The lowest BCUT2D eigenvalue weighted by Crippen LogP contribution is -2.65. The van der Waals surface area contributed by atoms with Crippen LogP contribution in [0.2, 0.25) is 5.02 Å². The van der Waals surface area contributed by atoms with E-state index in [0.717, 1.165) is 17.7 Å². The first kappa shape index (κ1) is 24.3. The molecular weight excluding hydrogens is 478 g/mol. The van der Waals surface area contributed by atoms with Gasteiger partial charge in [-0.2, -0.15) is 0 Å². The minimum Gasteiger partial charge on any atom is -0.404 e. The first-order valence-electron chi connectivity index (χ1n) is 10.5. The molecule has 2 heterocycles. The topological polar surface area (TPSA) is 68.0 Å². The molecule has 2 atom stereocenters. The average molecular weight is 500 g/mol. The van der Waals surface area contributed by atoms with Crippen LogP contribution >= 0.6 is 11.6 Å². The van der Waals surface area contributed by atoms with Crippen LogP contribution in [0, 0.1) is 5.82 Å². The van der Waals surface area contributed by atoms with E-state index in [1.54, 1.807) is 17.0 Å². The lowest BCUT2D eigenvalue weighted by atomic mass is 10.0. The zero-order chi connectivity index (χ0) is 24.5. The number of hydrogen-bond acceptors (Lipinski definition) is 5. The number of amides is 1. The fraction of sp³-hybridized carbons (Fsp3) is 0.348. The van der Waals surface area contributed by atoms with Crippen LogP contribution in [-0.2, 0) is 16.1 Å². The molecule has 2 aromatic rings. The molecule has 0 spiro atoms. The van der Waals surface area contributed by atoms with Gasteiger partial charge in [0, 0.05) is 37.0 Å². The Morgan fingerprint density at radius 2 is 1.82 bits per heavy atom. The van der Waals surface area contributed by atoms with Crippen molar-refractivity contribution in [3.05, 3.63) is 64.4 Å². The number of carbonyl (C=O) groups is 1. The number of piperazine rings is 1. The highest BCUT2D eigenvalue weighted by molar-refractivity contribution is 6.32. The Labute approximate surface area is 198 Å². The third-order valence-corrected chi connectivity index (χ3v) is 5.98. The molecule has 0 saturated carbocycles. The highest BCUT2D eigenvalue weighted by atomic mass is 35.5. The van der Waals surface area contributed by atoms with Gasteiger partial charge in [0.1, 0.15) is 11.6 Å². The van der Waals surface area contributed by atoms with E-state index < -0.39 is 12.1 Å². The quantitative estimate of drug-likeness (QED) is 0.381. The lowest BCUT2D eigenvalue weighted by molar-refractivity contribution is -0.274. The number of nitrogens with two attached hydrogens (primary N) is 1. The van der Waals surface area contributed by atoms with Crippen molar-refractivity contribution >= 4 is 29.3 Å². The van der Waals surface area contributed by atoms with Crippen LogP contribution in [-0.4, -0.2) is 60.5 Å². The Morgan fingerprint density at radius 3 is 2.44 bits per heavy atom. The Bertz CT molecular complexity index is 1060. The summed E-state index contributed by atoms with van der Waals surface area (Å²) in [6.45, 7) is 2.49. The largest absolute Gasteiger partial charge is 0.573 e. The Kier molecular flexibility index (Phi) is 7.01. The highest BCUT2D eigenvalue weighted by Crippen LogP contribution is 2.34. The zero-order valence-corrected chi connectivity index (χ0v) is 18.7. The summed E-state index contributed by atoms with van der Waals surface area (Å²) < 4.78 is 60.5. The van der Waals surface area contributed by atoms with E-state index in [0.29, 0.717) is 32.8 Å². The molecular formula is C23H22ClF4N3O3. The van der Waals surface area contributed by atoms with E-state index in [2.05, 4.69) is 9.64 Å². The second kappa shape index (κ2) is 9.81. The number of nitrogens with zero attached hydrogens (tertiary/aromatic N) is 2. The molecule has 2 N–H and O–H groups in total. The molecule has 2 aliphatic heterocycles. The van der Waals surface area contributed by atoms with Crippen LogP contribution in [0.1, 0.15) is 11.1 Å². The van der Waals surface area contributed by atoms with E-state index in [4.69, 9.17) is 22.1 Å². The molecule has 0 aromatic heterocycles. The fourth-order valence-corrected chi connectivity index (χ4v) is 4.48. The third kappa shape index (κ3) is 5.81. The summed E-state index contributed by atoms with van der Waals surface area (Å²) >= 11 is 5.79. The maximum atomic E-state index is 13.2. The summed E-state index contributed by atoms with van der Waals surface area (Å²) in [7, 11) is 0. The normalized spacial score (nSPS) is 21.1. The molecule has 2 bridgehead atoms. The van der Waals surface area contributed by atoms with Gasteiger partial charge in [0.05, 0.1) is 30.3 Å². The molecule has 2 saturated heterocycles. The smallest absolute Gasteiger partial charge is 0.404 e. The fourth-order valence-electron chi connectivity index (χ4n) is 4.27. The van der Waals surface area contributed by atoms with Crippen molar-refractivity contribution in [2.24, 2.45) is 0 Å². The van der Waals surface area contributed by atoms with Gasteiger partial charge >= 0.3 is 6.36 Å². The molecule has 2 fully saturated rings. The number of alkyl halides is 3. The van der Waals surface area contributed by atoms with Crippen LogP contribution in [0.25, 0.3) is 6.08 Å². The molecule has 34 heavy (non-hydrogen) atoms. The Balaban J connectivity index is 1.46. The van der Waals surface area contributed by atoms with Crippen molar-refractivity contribution in [3.63, 3.8) is 0 Å². The monoisotopic (exact) mass is 499 g/mol. The molecule has 6 nitrogen and oxygen atoms in total. The minimum atomic E-state index is -4.92. The summed E-state index contributed by atoms with van der Waals surface area (Å²) in [5, 5.41) is -0.290. The van der Waals surface area contributed by atoms with Gasteiger partial charge in [-0.05, 0) is 35.9 Å². The predicted molar refractivity (Wildman–Crippen MR) is 118 cm³/mol. The summed E-state index contributed by atoms with van der Waals surface area (Å²) in [5.41, 5.74) is 7.11. The van der Waals surface area contributed by atoms with E-state index in [1.807, 2.05) is 0 Å². The van der Waals surface area contributed by atoms with E-state index in [1.165, 1.54) is 24.3 Å². The van der Waals surface area contributed by atoms with E-state index in [9.17, 15) is 22.4 Å². The number of morpholine rings is 1. The standard InChI is InChI=1S/C23H22ClF4N3O3/c24-19-8-20(29)15(7-21(19)34-23(26,27)28)3-6-22(32)31-17-10-30(11-18(31)13-33-12-17)9-14-1-4-16(25)5-2-14/h1-8,17-18H,9-13,29H2/b6-3+. The van der Waals surface area contributed by atoms with Gasteiger partial charge in [0.15, 0.2) is 0 Å². The van der Waals surface area contributed by atoms with Gasteiger partial charge in [-0.1, -0.05) is 23.7 Å². The number of benzene rings is 2. The predicted octanol–water partition coefficient (Wildman–Crippen LogP) is 4.08. The van der Waals surface area contributed by atoms with E-state index in [-0.39, 0.29) is 40.1 Å². The van der Waals surface area contributed by atoms with Crippen molar-refractivity contribution < 1.29 is 31.8 Å². The molecule has 182 valence electrons. The first-order valence-corrected chi connectivity index (χ1v) is 10.9. The summed E-state index contributed by atoms with van der Waals surface area (Å²) in [4.78, 5) is 17.0. The molecule has 2 aliphatic rings. The molecule has 11 heteroatoms. The number of carbonyl (C=O) groups excluding carboxylic acids is 1.